The lowest BCUT2D eigenvalue weighted by Gasteiger charge is -2.09. The molecule has 0 saturated carbocycles. The minimum atomic E-state index is -2.76. The van der Waals surface area contributed by atoms with E-state index in [4.69, 9.17) is 0 Å². The summed E-state index contributed by atoms with van der Waals surface area (Å²) >= 11 is 0. The van der Waals surface area contributed by atoms with Gasteiger partial charge < -0.3 is 5.32 Å². The Morgan fingerprint density at radius 2 is 2.29 bits per heavy atom. The first kappa shape index (κ1) is 11.7. The van der Waals surface area contributed by atoms with E-state index in [0.717, 1.165) is 32.2 Å². The van der Waals surface area contributed by atoms with Crippen molar-refractivity contribution in [3.63, 3.8) is 0 Å². The first-order chi connectivity index (χ1) is 6.67. The summed E-state index contributed by atoms with van der Waals surface area (Å²) in [6.45, 7) is 5.15. The third-order valence-corrected chi connectivity index (χ3v) is 4.87. The standard InChI is InChI=1S/C10H19NO2S/c1-2-3-4-7-11-9-10-6-5-8-14(10,12)13/h2,10-11H,1,3-9H2. The van der Waals surface area contributed by atoms with E-state index >= 15 is 0 Å². The number of allylic oxidation sites excluding steroid dienone is 1. The molecule has 0 aromatic carbocycles. The third-order valence-electron chi connectivity index (χ3n) is 2.60. The normalized spacial score (nSPS) is 25.0. The molecule has 3 nitrogen and oxygen atoms in total. The van der Waals surface area contributed by atoms with Gasteiger partial charge in [0.15, 0.2) is 9.84 Å². The van der Waals surface area contributed by atoms with Crippen molar-refractivity contribution in [1.29, 1.82) is 0 Å². The summed E-state index contributed by atoms with van der Waals surface area (Å²) in [7, 11) is -2.76. The van der Waals surface area contributed by atoms with Crippen LogP contribution in [0.5, 0.6) is 0 Å². The second-order valence-electron chi connectivity index (χ2n) is 3.77. The zero-order valence-electron chi connectivity index (χ0n) is 8.54. The van der Waals surface area contributed by atoms with Gasteiger partial charge in [-0.1, -0.05) is 6.08 Å². The average Bonchev–Trinajstić information content (AvgIpc) is 2.45. The minimum absolute atomic E-state index is 0.133. The van der Waals surface area contributed by atoms with E-state index in [2.05, 4.69) is 11.9 Å². The number of nitrogens with one attached hydrogen (secondary N) is 1. The molecule has 4 heteroatoms. The van der Waals surface area contributed by atoms with Crippen molar-refractivity contribution in [2.24, 2.45) is 0 Å². The van der Waals surface area contributed by atoms with Gasteiger partial charge >= 0.3 is 0 Å². The highest BCUT2D eigenvalue weighted by Gasteiger charge is 2.30. The van der Waals surface area contributed by atoms with Gasteiger partial charge in [-0.2, -0.15) is 0 Å². The van der Waals surface area contributed by atoms with E-state index in [9.17, 15) is 8.42 Å². The summed E-state index contributed by atoms with van der Waals surface area (Å²) in [6.07, 6.45) is 5.58. The van der Waals surface area contributed by atoms with Crippen LogP contribution in [-0.4, -0.2) is 32.5 Å². The Labute approximate surface area is 86.5 Å². The Morgan fingerprint density at radius 3 is 2.86 bits per heavy atom. The Bertz CT molecular complexity index is 272. The van der Waals surface area contributed by atoms with E-state index in [1.165, 1.54) is 0 Å². The van der Waals surface area contributed by atoms with Crippen LogP contribution in [-0.2, 0) is 9.84 Å². The molecule has 0 amide bonds. The van der Waals surface area contributed by atoms with Crippen molar-refractivity contribution in [2.45, 2.75) is 30.9 Å². The fraction of sp³-hybridized carbons (Fsp3) is 0.800. The number of rotatable bonds is 6. The molecule has 1 unspecified atom stereocenters. The number of hydrogen-bond acceptors (Lipinski definition) is 3. The van der Waals surface area contributed by atoms with Crippen LogP contribution < -0.4 is 5.32 Å². The van der Waals surface area contributed by atoms with Crippen LogP contribution in [0.3, 0.4) is 0 Å². The van der Waals surface area contributed by atoms with E-state index < -0.39 is 9.84 Å². The summed E-state index contributed by atoms with van der Waals surface area (Å²) < 4.78 is 22.9. The Balaban J connectivity index is 2.15. The first-order valence-corrected chi connectivity index (χ1v) is 6.91. The predicted molar refractivity (Wildman–Crippen MR) is 59.1 cm³/mol. The van der Waals surface area contributed by atoms with Gasteiger partial charge in [0.1, 0.15) is 0 Å². The lowest BCUT2D eigenvalue weighted by Crippen LogP contribution is -2.31. The zero-order valence-corrected chi connectivity index (χ0v) is 9.35. The van der Waals surface area contributed by atoms with Crippen molar-refractivity contribution in [3.8, 4) is 0 Å². The topological polar surface area (TPSA) is 46.2 Å². The number of unbranched alkanes of at least 4 members (excludes halogenated alkanes) is 1. The van der Waals surface area contributed by atoms with Crippen LogP contribution in [0.25, 0.3) is 0 Å². The number of hydrogen-bond donors (Lipinski definition) is 1. The van der Waals surface area contributed by atoms with Crippen LogP contribution in [0.1, 0.15) is 25.7 Å². The molecule has 0 aliphatic carbocycles. The molecule has 0 aromatic heterocycles. The molecule has 1 N–H and O–H groups in total. The number of sulfone groups is 1. The van der Waals surface area contributed by atoms with Gasteiger partial charge in [0.25, 0.3) is 0 Å². The molecule has 82 valence electrons. The van der Waals surface area contributed by atoms with Gasteiger partial charge in [0.2, 0.25) is 0 Å². The highest BCUT2D eigenvalue weighted by atomic mass is 32.2. The molecule has 1 saturated heterocycles. The highest BCUT2D eigenvalue weighted by molar-refractivity contribution is 7.92. The lowest BCUT2D eigenvalue weighted by atomic mass is 10.2. The largest absolute Gasteiger partial charge is 0.315 e. The quantitative estimate of drug-likeness (QED) is 0.535. The van der Waals surface area contributed by atoms with Gasteiger partial charge in [-0.05, 0) is 32.2 Å². The maximum Gasteiger partial charge on any atom is 0.154 e. The van der Waals surface area contributed by atoms with Crippen molar-refractivity contribution < 1.29 is 8.42 Å². The molecule has 14 heavy (non-hydrogen) atoms. The van der Waals surface area contributed by atoms with Gasteiger partial charge in [-0.15, -0.1) is 6.58 Å². The minimum Gasteiger partial charge on any atom is -0.315 e. The second-order valence-corrected chi connectivity index (χ2v) is 6.17. The van der Waals surface area contributed by atoms with Crippen molar-refractivity contribution in [1.82, 2.24) is 5.32 Å². The maximum atomic E-state index is 11.4. The molecule has 0 spiro atoms. The summed E-state index contributed by atoms with van der Waals surface area (Å²) in [5.41, 5.74) is 0. The molecule has 1 heterocycles. The van der Waals surface area contributed by atoms with Crippen LogP contribution >= 0.6 is 0 Å². The van der Waals surface area contributed by atoms with Gasteiger partial charge in [0, 0.05) is 6.54 Å². The first-order valence-electron chi connectivity index (χ1n) is 5.20. The van der Waals surface area contributed by atoms with E-state index in [1.54, 1.807) is 0 Å². The molecular formula is C10H19NO2S. The van der Waals surface area contributed by atoms with E-state index in [-0.39, 0.29) is 5.25 Å². The summed E-state index contributed by atoms with van der Waals surface area (Å²) in [5.74, 6) is 0.381. The SMILES string of the molecule is C=CCCCNCC1CCCS1(=O)=O. The Kier molecular flexibility index (Phi) is 4.62. The lowest BCUT2D eigenvalue weighted by molar-refractivity contribution is 0.570. The Hall–Kier alpha value is -0.350. The smallest absolute Gasteiger partial charge is 0.154 e. The molecule has 1 rings (SSSR count). The monoisotopic (exact) mass is 217 g/mol. The van der Waals surface area contributed by atoms with Gasteiger partial charge in [-0.3, -0.25) is 0 Å². The summed E-state index contributed by atoms with van der Waals surface area (Å²) in [5, 5.41) is 3.06. The zero-order chi connectivity index (χ0) is 10.4. The third kappa shape index (κ3) is 3.42. The molecule has 0 bridgehead atoms. The van der Waals surface area contributed by atoms with Crippen LogP contribution in [0, 0.1) is 0 Å². The van der Waals surface area contributed by atoms with Crippen molar-refractivity contribution in [3.05, 3.63) is 12.7 Å². The molecule has 1 aliphatic rings. The molecule has 1 fully saturated rings. The molecular weight excluding hydrogens is 198 g/mol. The fourth-order valence-electron chi connectivity index (χ4n) is 1.72. The van der Waals surface area contributed by atoms with Crippen LogP contribution in [0.2, 0.25) is 0 Å². The van der Waals surface area contributed by atoms with Crippen LogP contribution in [0.15, 0.2) is 12.7 Å². The Morgan fingerprint density at radius 1 is 1.50 bits per heavy atom. The van der Waals surface area contributed by atoms with Crippen LogP contribution in [0.4, 0.5) is 0 Å². The summed E-state index contributed by atoms with van der Waals surface area (Å²) in [6, 6.07) is 0. The van der Waals surface area contributed by atoms with Gasteiger partial charge in [0.05, 0.1) is 11.0 Å². The molecule has 1 atom stereocenters. The fourth-order valence-corrected chi connectivity index (χ4v) is 3.52. The van der Waals surface area contributed by atoms with Gasteiger partial charge in [-0.25, -0.2) is 8.42 Å². The highest BCUT2D eigenvalue weighted by Crippen LogP contribution is 2.18. The molecule has 0 radical (unpaired) electrons. The predicted octanol–water partition coefficient (Wildman–Crippen LogP) is 1.12. The average molecular weight is 217 g/mol. The molecule has 1 aliphatic heterocycles. The van der Waals surface area contributed by atoms with Crippen molar-refractivity contribution in [2.75, 3.05) is 18.8 Å². The van der Waals surface area contributed by atoms with E-state index in [0.29, 0.717) is 12.3 Å². The van der Waals surface area contributed by atoms with E-state index in [1.807, 2.05) is 6.08 Å². The van der Waals surface area contributed by atoms with Crippen molar-refractivity contribution >= 4 is 9.84 Å². The maximum absolute atomic E-state index is 11.4. The second kappa shape index (κ2) is 5.51. The molecule has 0 aromatic rings. The summed E-state index contributed by atoms with van der Waals surface area (Å²) in [4.78, 5) is 0.